The smallest absolute Gasteiger partial charge is 0.333 e. The number of carbonyl (C=O) groups is 1. The van der Waals surface area contributed by atoms with E-state index in [0.29, 0.717) is 5.92 Å². The second-order valence-electron chi connectivity index (χ2n) is 7.89. The van der Waals surface area contributed by atoms with Crippen molar-refractivity contribution < 1.29 is 14.0 Å². The molecule has 0 radical (unpaired) electrons. The van der Waals surface area contributed by atoms with Gasteiger partial charge in [0, 0.05) is 5.57 Å². The van der Waals surface area contributed by atoms with E-state index in [-0.39, 0.29) is 17.1 Å². The van der Waals surface area contributed by atoms with Gasteiger partial charge in [-0.25, -0.2) is 4.79 Å². The number of hydrogen-bond donors (Lipinski definition) is 0. The Hall–Kier alpha value is -0.613. The first-order valence-corrected chi connectivity index (χ1v) is 10.9. The molecule has 0 aromatic carbocycles. The molecule has 0 aliphatic heterocycles. The third-order valence-corrected chi connectivity index (χ3v) is 9.61. The number of esters is 1. The van der Waals surface area contributed by atoms with Gasteiger partial charge in [0.1, 0.15) is 0 Å². The highest BCUT2D eigenvalue weighted by molar-refractivity contribution is 6.74. The molecule has 1 aliphatic rings. The second kappa shape index (κ2) is 6.65. The third-order valence-electron chi connectivity index (χ3n) is 5.13. The SMILES string of the molecule is COC(=O)/C(C)=C1/CC[C@H](C)C[C@H]1O[Si](C)(C)C(C)(C)C. The molecule has 0 bridgehead atoms. The first kappa shape index (κ1) is 18.4. The summed E-state index contributed by atoms with van der Waals surface area (Å²) in [5.41, 5.74) is 1.90. The van der Waals surface area contributed by atoms with Crippen molar-refractivity contribution in [2.45, 2.75) is 78.1 Å². The summed E-state index contributed by atoms with van der Waals surface area (Å²) < 4.78 is 11.5. The summed E-state index contributed by atoms with van der Waals surface area (Å²) in [5, 5.41) is 0.179. The van der Waals surface area contributed by atoms with Gasteiger partial charge in [0.2, 0.25) is 0 Å². The fraction of sp³-hybridized carbons (Fsp3) is 0.824. The van der Waals surface area contributed by atoms with Crippen molar-refractivity contribution in [3.63, 3.8) is 0 Å². The maximum Gasteiger partial charge on any atom is 0.333 e. The van der Waals surface area contributed by atoms with Gasteiger partial charge in [-0.05, 0) is 55.8 Å². The molecule has 0 amide bonds. The van der Waals surface area contributed by atoms with Gasteiger partial charge in [-0.3, -0.25) is 0 Å². The minimum Gasteiger partial charge on any atom is -0.466 e. The Bertz CT molecular complexity index is 418. The van der Waals surface area contributed by atoms with Gasteiger partial charge in [0.05, 0.1) is 13.2 Å². The van der Waals surface area contributed by atoms with E-state index in [1.54, 1.807) is 0 Å². The average molecular weight is 313 g/mol. The van der Waals surface area contributed by atoms with Crippen LogP contribution in [0.1, 0.15) is 53.9 Å². The molecule has 0 saturated heterocycles. The predicted octanol–water partition coefficient (Wildman–Crippen LogP) is 4.69. The lowest BCUT2D eigenvalue weighted by atomic mass is 9.83. The summed E-state index contributed by atoms with van der Waals surface area (Å²) in [6.07, 6.45) is 3.16. The Morgan fingerprint density at radius 1 is 1.29 bits per heavy atom. The molecule has 1 rings (SSSR count). The lowest BCUT2D eigenvalue weighted by molar-refractivity contribution is -0.136. The predicted molar refractivity (Wildman–Crippen MR) is 89.8 cm³/mol. The molecule has 4 heteroatoms. The Morgan fingerprint density at radius 3 is 2.33 bits per heavy atom. The maximum absolute atomic E-state index is 11.9. The number of ether oxygens (including phenoxy) is 1. The molecule has 1 fully saturated rings. The number of hydrogen-bond acceptors (Lipinski definition) is 3. The van der Waals surface area contributed by atoms with Crippen LogP contribution in [0.5, 0.6) is 0 Å². The number of carbonyl (C=O) groups excluding carboxylic acids is 1. The van der Waals surface area contributed by atoms with E-state index in [1.807, 2.05) is 6.92 Å². The van der Waals surface area contributed by atoms with Crippen LogP contribution in [0.2, 0.25) is 18.1 Å². The molecule has 1 aliphatic carbocycles. The van der Waals surface area contributed by atoms with Crippen LogP contribution in [0, 0.1) is 5.92 Å². The van der Waals surface area contributed by atoms with Crippen molar-refractivity contribution in [2.24, 2.45) is 5.92 Å². The summed E-state index contributed by atoms with van der Waals surface area (Å²) in [5.74, 6) is 0.428. The van der Waals surface area contributed by atoms with Crippen molar-refractivity contribution in [3.05, 3.63) is 11.1 Å². The van der Waals surface area contributed by atoms with Crippen LogP contribution >= 0.6 is 0 Å². The van der Waals surface area contributed by atoms with Crippen LogP contribution < -0.4 is 0 Å². The van der Waals surface area contributed by atoms with Crippen molar-refractivity contribution in [1.29, 1.82) is 0 Å². The van der Waals surface area contributed by atoms with Gasteiger partial charge in [-0.15, -0.1) is 0 Å². The Labute approximate surface area is 131 Å². The maximum atomic E-state index is 11.9. The molecule has 0 heterocycles. The zero-order valence-electron chi connectivity index (χ0n) is 15.0. The number of rotatable bonds is 3. The van der Waals surface area contributed by atoms with E-state index in [9.17, 15) is 4.79 Å². The molecule has 0 aromatic rings. The topological polar surface area (TPSA) is 35.5 Å². The van der Waals surface area contributed by atoms with E-state index >= 15 is 0 Å². The van der Waals surface area contributed by atoms with E-state index in [0.717, 1.165) is 30.4 Å². The Kier molecular flexibility index (Phi) is 5.84. The van der Waals surface area contributed by atoms with Crippen molar-refractivity contribution in [2.75, 3.05) is 7.11 Å². The normalized spacial score (nSPS) is 26.5. The summed E-state index contributed by atoms with van der Waals surface area (Å²) >= 11 is 0. The Balaban J connectivity index is 3.06. The first-order chi connectivity index (χ1) is 9.49. The molecule has 0 N–H and O–H groups in total. The molecule has 0 spiro atoms. The van der Waals surface area contributed by atoms with Gasteiger partial charge in [0.15, 0.2) is 8.32 Å². The highest BCUT2D eigenvalue weighted by atomic mass is 28.4. The van der Waals surface area contributed by atoms with E-state index < -0.39 is 8.32 Å². The summed E-state index contributed by atoms with van der Waals surface area (Å²) in [6, 6.07) is 0. The van der Waals surface area contributed by atoms with Gasteiger partial charge >= 0.3 is 5.97 Å². The lowest BCUT2D eigenvalue weighted by Gasteiger charge is -2.42. The summed E-state index contributed by atoms with van der Waals surface area (Å²) in [6.45, 7) is 15.5. The average Bonchev–Trinajstić information content (AvgIpc) is 2.35. The van der Waals surface area contributed by atoms with Crippen molar-refractivity contribution in [1.82, 2.24) is 0 Å². The van der Waals surface area contributed by atoms with E-state index in [1.165, 1.54) is 7.11 Å². The van der Waals surface area contributed by atoms with Gasteiger partial charge in [-0.1, -0.05) is 27.7 Å². The molecule has 2 atom stereocenters. The van der Waals surface area contributed by atoms with Crippen LogP contribution in [0.4, 0.5) is 0 Å². The first-order valence-electron chi connectivity index (χ1n) is 7.95. The number of methoxy groups -OCH3 is 1. The van der Waals surface area contributed by atoms with Crippen LogP contribution in [0.25, 0.3) is 0 Å². The van der Waals surface area contributed by atoms with E-state index in [4.69, 9.17) is 9.16 Å². The van der Waals surface area contributed by atoms with Crippen LogP contribution in [-0.4, -0.2) is 27.5 Å². The zero-order valence-corrected chi connectivity index (χ0v) is 16.0. The molecule has 0 unspecified atom stereocenters. The zero-order chi connectivity index (χ0) is 16.4. The third kappa shape index (κ3) is 4.43. The lowest BCUT2D eigenvalue weighted by Crippen LogP contribution is -2.45. The van der Waals surface area contributed by atoms with Gasteiger partial charge in [0.25, 0.3) is 0 Å². The monoisotopic (exact) mass is 312 g/mol. The molecule has 21 heavy (non-hydrogen) atoms. The quantitative estimate of drug-likeness (QED) is 0.431. The fourth-order valence-corrected chi connectivity index (χ4v) is 3.86. The van der Waals surface area contributed by atoms with Crippen LogP contribution in [0.15, 0.2) is 11.1 Å². The molecular weight excluding hydrogens is 280 g/mol. The standard InChI is InChI=1S/C17H32O3Si/c1-12-9-10-14(13(2)16(18)19-6)15(11-12)20-21(7,8)17(3,4)5/h12,15H,9-11H2,1-8H3/b14-13-/t12-,15+/m0/s1. The molecular formula is C17H32O3Si. The molecule has 0 aromatic heterocycles. The highest BCUT2D eigenvalue weighted by Crippen LogP contribution is 2.41. The van der Waals surface area contributed by atoms with E-state index in [2.05, 4.69) is 40.8 Å². The van der Waals surface area contributed by atoms with Crippen molar-refractivity contribution in [3.8, 4) is 0 Å². The van der Waals surface area contributed by atoms with Gasteiger partial charge in [-0.2, -0.15) is 0 Å². The highest BCUT2D eigenvalue weighted by Gasteiger charge is 2.41. The van der Waals surface area contributed by atoms with Crippen LogP contribution in [-0.2, 0) is 14.0 Å². The minimum absolute atomic E-state index is 0.0775. The second-order valence-corrected chi connectivity index (χ2v) is 12.6. The molecule has 3 nitrogen and oxygen atoms in total. The largest absolute Gasteiger partial charge is 0.466 e. The molecule has 122 valence electrons. The minimum atomic E-state index is -1.84. The van der Waals surface area contributed by atoms with Gasteiger partial charge < -0.3 is 9.16 Å². The molecule has 1 saturated carbocycles. The Morgan fingerprint density at radius 2 is 1.86 bits per heavy atom. The van der Waals surface area contributed by atoms with Crippen LogP contribution in [0.3, 0.4) is 0 Å². The van der Waals surface area contributed by atoms with Crippen molar-refractivity contribution >= 4 is 14.3 Å². The summed E-state index contributed by atoms with van der Waals surface area (Å²) in [4.78, 5) is 11.9. The summed E-state index contributed by atoms with van der Waals surface area (Å²) in [7, 11) is -0.395. The fourth-order valence-electron chi connectivity index (χ4n) is 2.55.